The van der Waals surface area contributed by atoms with Crippen LogP contribution in [0.1, 0.15) is 22.8 Å². The molecule has 0 aliphatic heterocycles. The number of carbonyl (C=O) groups excluding carboxylic acids is 2. The second-order valence-corrected chi connectivity index (χ2v) is 4.65. The maximum Gasteiger partial charge on any atom is 0.344 e. The summed E-state index contributed by atoms with van der Waals surface area (Å²) in [6, 6.07) is 13.7. The van der Waals surface area contributed by atoms with Crippen LogP contribution in [-0.2, 0) is 9.53 Å². The average Bonchev–Trinajstić information content (AvgIpc) is 2.60. The molecule has 23 heavy (non-hydrogen) atoms. The van der Waals surface area contributed by atoms with E-state index in [1.165, 1.54) is 7.11 Å². The molecular weight excluding hydrogens is 296 g/mol. The Kier molecular flexibility index (Phi) is 5.74. The molecule has 0 saturated carbocycles. The molecule has 0 aromatic heterocycles. The first-order valence-corrected chi connectivity index (χ1v) is 7.22. The first-order valence-electron chi connectivity index (χ1n) is 7.22. The Morgan fingerprint density at radius 3 is 2.43 bits per heavy atom. The molecule has 0 spiro atoms. The zero-order valence-corrected chi connectivity index (χ0v) is 13.1. The first-order chi connectivity index (χ1) is 11.2. The van der Waals surface area contributed by atoms with Crippen molar-refractivity contribution in [3.63, 3.8) is 0 Å². The van der Waals surface area contributed by atoms with Crippen LogP contribution in [0.3, 0.4) is 0 Å². The van der Waals surface area contributed by atoms with E-state index in [2.05, 4.69) is 0 Å². The standard InChI is InChI=1S/C18H18O5/c1-3-22-17(19)12-23-16-11-14(21-2)9-10-15(16)18(20)13-7-5-4-6-8-13/h4-11H,3,12H2,1-2H3. The van der Waals surface area contributed by atoms with Crippen molar-refractivity contribution in [2.45, 2.75) is 6.92 Å². The minimum absolute atomic E-state index is 0.188. The lowest BCUT2D eigenvalue weighted by Gasteiger charge is -2.12. The van der Waals surface area contributed by atoms with Crippen LogP contribution < -0.4 is 9.47 Å². The van der Waals surface area contributed by atoms with E-state index in [1.807, 2.05) is 6.07 Å². The fourth-order valence-electron chi connectivity index (χ4n) is 2.02. The van der Waals surface area contributed by atoms with Crippen molar-refractivity contribution < 1.29 is 23.8 Å². The Labute approximate surface area is 134 Å². The fraction of sp³-hybridized carbons (Fsp3) is 0.222. The maximum absolute atomic E-state index is 12.6. The maximum atomic E-state index is 12.6. The molecule has 2 rings (SSSR count). The van der Waals surface area contributed by atoms with Crippen LogP contribution in [-0.4, -0.2) is 32.1 Å². The largest absolute Gasteiger partial charge is 0.497 e. The summed E-state index contributed by atoms with van der Waals surface area (Å²) in [5.41, 5.74) is 0.903. The summed E-state index contributed by atoms with van der Waals surface area (Å²) in [7, 11) is 1.52. The second-order valence-electron chi connectivity index (χ2n) is 4.65. The minimum atomic E-state index is -0.492. The molecule has 2 aromatic rings. The van der Waals surface area contributed by atoms with Gasteiger partial charge in [-0.15, -0.1) is 0 Å². The van der Waals surface area contributed by atoms with Crippen molar-refractivity contribution in [1.29, 1.82) is 0 Å². The van der Waals surface area contributed by atoms with E-state index in [0.717, 1.165) is 0 Å². The van der Waals surface area contributed by atoms with Gasteiger partial charge in [-0.3, -0.25) is 4.79 Å². The fourth-order valence-corrected chi connectivity index (χ4v) is 2.02. The zero-order valence-electron chi connectivity index (χ0n) is 13.1. The normalized spacial score (nSPS) is 10.0. The van der Waals surface area contributed by atoms with Gasteiger partial charge < -0.3 is 14.2 Å². The van der Waals surface area contributed by atoms with E-state index in [9.17, 15) is 9.59 Å². The number of ether oxygens (including phenoxy) is 3. The van der Waals surface area contributed by atoms with Crippen molar-refractivity contribution in [3.05, 3.63) is 59.7 Å². The van der Waals surface area contributed by atoms with Crippen LogP contribution in [0.15, 0.2) is 48.5 Å². The molecule has 0 saturated heterocycles. The van der Waals surface area contributed by atoms with Crippen LogP contribution in [0.25, 0.3) is 0 Å². The molecule has 0 unspecified atom stereocenters. The molecular formula is C18H18O5. The van der Waals surface area contributed by atoms with E-state index in [1.54, 1.807) is 49.4 Å². The molecule has 5 nitrogen and oxygen atoms in total. The molecule has 0 heterocycles. The summed E-state index contributed by atoms with van der Waals surface area (Å²) in [4.78, 5) is 24.1. The highest BCUT2D eigenvalue weighted by Gasteiger charge is 2.16. The summed E-state index contributed by atoms with van der Waals surface area (Å²) >= 11 is 0. The highest BCUT2D eigenvalue weighted by atomic mass is 16.6. The van der Waals surface area contributed by atoms with Crippen molar-refractivity contribution in [3.8, 4) is 11.5 Å². The van der Waals surface area contributed by atoms with Gasteiger partial charge in [0.1, 0.15) is 11.5 Å². The lowest BCUT2D eigenvalue weighted by atomic mass is 10.0. The van der Waals surface area contributed by atoms with Gasteiger partial charge in [0, 0.05) is 11.6 Å². The molecule has 0 aliphatic rings. The third kappa shape index (κ3) is 4.32. The third-order valence-electron chi connectivity index (χ3n) is 3.12. The molecule has 0 fully saturated rings. The van der Waals surface area contributed by atoms with Crippen LogP contribution >= 0.6 is 0 Å². The van der Waals surface area contributed by atoms with Gasteiger partial charge in [0.25, 0.3) is 0 Å². The van der Waals surface area contributed by atoms with Gasteiger partial charge in [-0.25, -0.2) is 4.79 Å². The highest BCUT2D eigenvalue weighted by Crippen LogP contribution is 2.27. The predicted molar refractivity (Wildman–Crippen MR) is 85.0 cm³/mol. The molecule has 120 valence electrons. The summed E-state index contributed by atoms with van der Waals surface area (Å²) < 4.78 is 15.4. The highest BCUT2D eigenvalue weighted by molar-refractivity contribution is 6.10. The Morgan fingerprint density at radius 1 is 1.04 bits per heavy atom. The minimum Gasteiger partial charge on any atom is -0.497 e. The third-order valence-corrected chi connectivity index (χ3v) is 3.12. The monoisotopic (exact) mass is 314 g/mol. The van der Waals surface area contributed by atoms with Gasteiger partial charge in [0.2, 0.25) is 0 Å². The van der Waals surface area contributed by atoms with Crippen molar-refractivity contribution >= 4 is 11.8 Å². The van der Waals surface area contributed by atoms with Crippen molar-refractivity contribution in [1.82, 2.24) is 0 Å². The van der Waals surface area contributed by atoms with Gasteiger partial charge in [-0.2, -0.15) is 0 Å². The Balaban J connectivity index is 2.27. The van der Waals surface area contributed by atoms with E-state index in [-0.39, 0.29) is 24.7 Å². The lowest BCUT2D eigenvalue weighted by Crippen LogP contribution is -2.16. The number of esters is 1. The van der Waals surface area contributed by atoms with Gasteiger partial charge in [-0.05, 0) is 19.1 Å². The Bertz CT molecular complexity index is 679. The number of carbonyl (C=O) groups is 2. The van der Waals surface area contributed by atoms with E-state index in [0.29, 0.717) is 16.9 Å². The quantitative estimate of drug-likeness (QED) is 0.581. The Hall–Kier alpha value is -2.82. The van der Waals surface area contributed by atoms with E-state index < -0.39 is 5.97 Å². The summed E-state index contributed by atoms with van der Waals surface area (Å²) in [5.74, 6) is 0.139. The zero-order chi connectivity index (χ0) is 16.7. The van der Waals surface area contributed by atoms with Crippen molar-refractivity contribution in [2.24, 2.45) is 0 Å². The van der Waals surface area contributed by atoms with Gasteiger partial charge in [0.15, 0.2) is 12.4 Å². The lowest BCUT2D eigenvalue weighted by molar-refractivity contribution is -0.145. The summed E-state index contributed by atoms with van der Waals surface area (Å²) in [5, 5.41) is 0. The van der Waals surface area contributed by atoms with Crippen molar-refractivity contribution in [2.75, 3.05) is 20.3 Å². The van der Waals surface area contributed by atoms with E-state index >= 15 is 0 Å². The SMILES string of the molecule is CCOC(=O)COc1cc(OC)ccc1C(=O)c1ccccc1. The first kappa shape index (κ1) is 16.5. The number of methoxy groups -OCH3 is 1. The summed E-state index contributed by atoms with van der Waals surface area (Å²) in [6.45, 7) is 1.72. The molecule has 5 heteroatoms. The topological polar surface area (TPSA) is 61.8 Å². The van der Waals surface area contributed by atoms with Crippen LogP contribution in [0.2, 0.25) is 0 Å². The molecule has 2 aromatic carbocycles. The predicted octanol–water partition coefficient (Wildman–Crippen LogP) is 2.87. The van der Waals surface area contributed by atoms with E-state index in [4.69, 9.17) is 14.2 Å². The molecule has 0 N–H and O–H groups in total. The average molecular weight is 314 g/mol. The molecule has 0 bridgehead atoms. The Morgan fingerprint density at radius 2 is 1.78 bits per heavy atom. The number of hydrogen-bond donors (Lipinski definition) is 0. The number of benzene rings is 2. The van der Waals surface area contributed by atoms with Gasteiger partial charge >= 0.3 is 5.97 Å². The molecule has 0 radical (unpaired) electrons. The molecule has 0 aliphatic carbocycles. The van der Waals surface area contributed by atoms with Gasteiger partial charge in [-0.1, -0.05) is 30.3 Å². The number of hydrogen-bond acceptors (Lipinski definition) is 5. The molecule has 0 amide bonds. The number of rotatable bonds is 7. The molecule has 0 atom stereocenters. The number of ketones is 1. The second kappa shape index (κ2) is 7.98. The van der Waals surface area contributed by atoms with Gasteiger partial charge in [0.05, 0.1) is 19.3 Å². The summed E-state index contributed by atoms with van der Waals surface area (Å²) in [6.07, 6.45) is 0. The van der Waals surface area contributed by atoms with Crippen LogP contribution in [0, 0.1) is 0 Å². The smallest absolute Gasteiger partial charge is 0.344 e. The van der Waals surface area contributed by atoms with Crippen LogP contribution in [0.5, 0.6) is 11.5 Å². The van der Waals surface area contributed by atoms with Crippen LogP contribution in [0.4, 0.5) is 0 Å².